The normalized spacial score (nSPS) is 36.1. The summed E-state index contributed by atoms with van der Waals surface area (Å²) in [6.45, 7) is 6.31. The number of amides is 2. The first kappa shape index (κ1) is 14.3. The number of carbonyl (C=O) groups excluding carboxylic acids is 2. The number of rotatable bonds is 3. The summed E-state index contributed by atoms with van der Waals surface area (Å²) in [5.41, 5.74) is 0.702. The summed E-state index contributed by atoms with van der Waals surface area (Å²) < 4.78 is 5.54. The molecule has 122 valence electrons. The van der Waals surface area contributed by atoms with Gasteiger partial charge in [0.1, 0.15) is 12.6 Å². The van der Waals surface area contributed by atoms with Crippen molar-refractivity contribution in [3.05, 3.63) is 0 Å². The third kappa shape index (κ3) is 2.20. The Morgan fingerprint density at radius 2 is 1.86 bits per heavy atom. The van der Waals surface area contributed by atoms with Gasteiger partial charge in [-0.25, -0.2) is 4.79 Å². The van der Waals surface area contributed by atoms with Gasteiger partial charge in [0.05, 0.1) is 0 Å². The fraction of sp³-hybridized carbons (Fsp3) is 0.882. The van der Waals surface area contributed by atoms with Crippen molar-refractivity contribution in [2.75, 3.05) is 19.6 Å². The maximum Gasteiger partial charge on any atom is 0.407 e. The van der Waals surface area contributed by atoms with Gasteiger partial charge < -0.3 is 15.0 Å². The summed E-state index contributed by atoms with van der Waals surface area (Å²) in [4.78, 5) is 26.0. The minimum atomic E-state index is -0.420. The van der Waals surface area contributed by atoms with Crippen LogP contribution in [0.4, 0.5) is 4.79 Å². The topological polar surface area (TPSA) is 58.6 Å². The number of fused-ring (bicyclic) bond motifs is 1. The Kier molecular flexibility index (Phi) is 3.01. The molecule has 22 heavy (non-hydrogen) atoms. The summed E-state index contributed by atoms with van der Waals surface area (Å²) in [5.74, 6) is 1.32. The van der Waals surface area contributed by atoms with Crippen molar-refractivity contribution in [1.29, 1.82) is 0 Å². The fourth-order valence-corrected chi connectivity index (χ4v) is 4.79. The lowest BCUT2D eigenvalue weighted by molar-refractivity contribution is -0.130. The van der Waals surface area contributed by atoms with Crippen molar-refractivity contribution in [2.45, 2.75) is 52.1 Å². The molecule has 1 N–H and O–H groups in total. The van der Waals surface area contributed by atoms with E-state index in [9.17, 15) is 9.59 Å². The average molecular weight is 306 g/mol. The summed E-state index contributed by atoms with van der Waals surface area (Å²) >= 11 is 0. The third-order valence-electron chi connectivity index (χ3n) is 6.82. The van der Waals surface area contributed by atoms with Crippen LogP contribution in [0.15, 0.2) is 0 Å². The summed E-state index contributed by atoms with van der Waals surface area (Å²) in [6, 6.07) is 0. The smallest absolute Gasteiger partial charge is 0.407 e. The molecule has 2 amide bonds. The highest BCUT2D eigenvalue weighted by Crippen LogP contribution is 2.62. The SMILES string of the molecule is CC1(C)[C@@H]2CN(C(=O)CNC(=O)OC3CCCC34CC4)C[C@@H]21. The molecule has 1 unspecified atom stereocenters. The maximum atomic E-state index is 12.2. The van der Waals surface area contributed by atoms with Gasteiger partial charge in [-0.15, -0.1) is 0 Å². The number of hydrogen-bond acceptors (Lipinski definition) is 3. The van der Waals surface area contributed by atoms with Gasteiger partial charge in [-0.05, 0) is 49.4 Å². The molecule has 1 heterocycles. The molecule has 3 atom stereocenters. The van der Waals surface area contributed by atoms with Crippen molar-refractivity contribution in [3.63, 3.8) is 0 Å². The van der Waals surface area contributed by atoms with Gasteiger partial charge >= 0.3 is 6.09 Å². The Morgan fingerprint density at radius 1 is 1.18 bits per heavy atom. The molecule has 4 rings (SSSR count). The van der Waals surface area contributed by atoms with Crippen molar-refractivity contribution < 1.29 is 14.3 Å². The number of hydrogen-bond donors (Lipinski definition) is 1. The van der Waals surface area contributed by atoms with Gasteiger partial charge in [-0.1, -0.05) is 13.8 Å². The minimum absolute atomic E-state index is 0.0208. The van der Waals surface area contributed by atoms with E-state index < -0.39 is 6.09 Å². The Labute approximate surface area is 131 Å². The number of piperidine rings is 1. The van der Waals surface area contributed by atoms with Crippen LogP contribution in [-0.4, -0.2) is 42.6 Å². The van der Waals surface area contributed by atoms with Crippen molar-refractivity contribution in [3.8, 4) is 0 Å². The molecule has 1 saturated heterocycles. The molecule has 0 bridgehead atoms. The van der Waals surface area contributed by atoms with E-state index in [4.69, 9.17) is 4.74 Å². The highest BCUT2D eigenvalue weighted by atomic mass is 16.6. The van der Waals surface area contributed by atoms with E-state index in [0.29, 0.717) is 22.7 Å². The fourth-order valence-electron chi connectivity index (χ4n) is 4.79. The summed E-state index contributed by atoms with van der Waals surface area (Å²) in [6.07, 6.45) is 5.36. The van der Waals surface area contributed by atoms with Crippen LogP contribution in [0.2, 0.25) is 0 Å². The first-order valence-corrected chi connectivity index (χ1v) is 8.65. The summed E-state index contributed by atoms with van der Waals surface area (Å²) in [7, 11) is 0. The van der Waals surface area contributed by atoms with Crippen LogP contribution in [-0.2, 0) is 9.53 Å². The van der Waals surface area contributed by atoms with E-state index in [1.807, 2.05) is 4.90 Å². The van der Waals surface area contributed by atoms with Crippen molar-refractivity contribution >= 4 is 12.0 Å². The summed E-state index contributed by atoms with van der Waals surface area (Å²) in [5, 5.41) is 2.65. The number of likely N-dealkylation sites (tertiary alicyclic amines) is 1. The predicted octanol–water partition coefficient (Wildman–Crippen LogP) is 2.16. The number of carbonyl (C=O) groups is 2. The second-order valence-corrected chi connectivity index (χ2v) is 8.34. The first-order valence-electron chi connectivity index (χ1n) is 8.65. The molecule has 4 aliphatic rings. The van der Waals surface area contributed by atoms with Crippen LogP contribution in [0.25, 0.3) is 0 Å². The zero-order valence-corrected chi connectivity index (χ0v) is 13.6. The molecule has 5 nitrogen and oxygen atoms in total. The van der Waals surface area contributed by atoms with Gasteiger partial charge in [-0.3, -0.25) is 4.79 Å². The lowest BCUT2D eigenvalue weighted by Crippen LogP contribution is -2.42. The van der Waals surface area contributed by atoms with Crippen LogP contribution < -0.4 is 5.32 Å². The van der Waals surface area contributed by atoms with E-state index in [1.165, 1.54) is 19.3 Å². The maximum absolute atomic E-state index is 12.2. The number of ether oxygens (including phenoxy) is 1. The Hall–Kier alpha value is -1.26. The van der Waals surface area contributed by atoms with E-state index in [-0.39, 0.29) is 18.6 Å². The van der Waals surface area contributed by atoms with E-state index >= 15 is 0 Å². The number of alkyl carbamates (subject to hydrolysis) is 1. The molecular weight excluding hydrogens is 280 g/mol. The minimum Gasteiger partial charge on any atom is -0.446 e. The molecule has 3 aliphatic carbocycles. The Morgan fingerprint density at radius 3 is 2.50 bits per heavy atom. The van der Waals surface area contributed by atoms with Crippen LogP contribution in [0.5, 0.6) is 0 Å². The third-order valence-corrected chi connectivity index (χ3v) is 6.82. The molecule has 0 aromatic rings. The number of nitrogens with one attached hydrogen (secondary N) is 1. The van der Waals surface area contributed by atoms with Crippen molar-refractivity contribution in [1.82, 2.24) is 10.2 Å². The average Bonchev–Trinajstić information content (AvgIpc) is 3.15. The lowest BCUT2D eigenvalue weighted by Gasteiger charge is -2.23. The predicted molar refractivity (Wildman–Crippen MR) is 81.1 cm³/mol. The van der Waals surface area contributed by atoms with Gasteiger partial charge in [0.2, 0.25) is 5.91 Å². The van der Waals surface area contributed by atoms with Crippen LogP contribution in [0.1, 0.15) is 46.0 Å². The Bertz CT molecular complexity index is 498. The zero-order chi connectivity index (χ0) is 15.5. The zero-order valence-electron chi connectivity index (χ0n) is 13.6. The standard InChI is InChI=1S/C17H26N2O3/c1-16(2)11-9-19(10-12(11)16)14(20)8-18-15(21)22-13-4-3-5-17(13)6-7-17/h11-13H,3-10H2,1-2H3,(H,18,21)/t11-,12+,13?. The molecule has 0 aromatic carbocycles. The molecule has 0 aromatic heterocycles. The molecular formula is C17H26N2O3. The van der Waals surface area contributed by atoms with Crippen LogP contribution in [0, 0.1) is 22.7 Å². The second-order valence-electron chi connectivity index (χ2n) is 8.34. The van der Waals surface area contributed by atoms with E-state index in [1.54, 1.807) is 0 Å². The van der Waals surface area contributed by atoms with Crippen LogP contribution >= 0.6 is 0 Å². The van der Waals surface area contributed by atoms with Crippen LogP contribution in [0.3, 0.4) is 0 Å². The monoisotopic (exact) mass is 306 g/mol. The first-order chi connectivity index (χ1) is 10.4. The second kappa shape index (κ2) is 4.62. The highest BCUT2D eigenvalue weighted by Gasteiger charge is 2.62. The van der Waals surface area contributed by atoms with E-state index in [2.05, 4.69) is 19.2 Å². The van der Waals surface area contributed by atoms with Gasteiger partial charge in [0.25, 0.3) is 0 Å². The van der Waals surface area contributed by atoms with Gasteiger partial charge in [0, 0.05) is 18.5 Å². The Balaban J connectivity index is 1.20. The highest BCUT2D eigenvalue weighted by molar-refractivity contribution is 5.82. The van der Waals surface area contributed by atoms with E-state index in [0.717, 1.165) is 25.9 Å². The quantitative estimate of drug-likeness (QED) is 0.869. The van der Waals surface area contributed by atoms with Crippen molar-refractivity contribution in [2.24, 2.45) is 22.7 Å². The molecule has 3 saturated carbocycles. The lowest BCUT2D eigenvalue weighted by atomic mass is 10.0. The largest absolute Gasteiger partial charge is 0.446 e. The van der Waals surface area contributed by atoms with Gasteiger partial charge in [0.15, 0.2) is 0 Å². The molecule has 1 spiro atoms. The molecule has 4 fully saturated rings. The molecule has 0 radical (unpaired) electrons. The molecule has 1 aliphatic heterocycles. The number of nitrogens with zero attached hydrogens (tertiary/aromatic N) is 1. The van der Waals surface area contributed by atoms with Gasteiger partial charge in [-0.2, -0.15) is 0 Å². The molecule has 5 heteroatoms.